The Bertz CT molecular complexity index is 604. The van der Waals surface area contributed by atoms with Crippen molar-refractivity contribution in [3.8, 4) is 0 Å². The zero-order valence-electron chi connectivity index (χ0n) is 16.4. The number of nitrogens with zero attached hydrogens (tertiary/aromatic N) is 2. The van der Waals surface area contributed by atoms with Gasteiger partial charge in [-0.05, 0) is 60.5 Å². The van der Waals surface area contributed by atoms with Gasteiger partial charge in [-0.2, -0.15) is 5.10 Å². The van der Waals surface area contributed by atoms with Crippen LogP contribution >= 0.6 is 0 Å². The fraction of sp³-hybridized carbons (Fsp3) is 0.722. The first kappa shape index (κ1) is 20.2. The molecule has 1 aromatic heterocycles. The topological polar surface area (TPSA) is 76.0 Å². The number of rotatable bonds is 4. The lowest BCUT2D eigenvalue weighted by atomic mass is 10.1. The Labute approximate surface area is 145 Å². The van der Waals surface area contributed by atoms with Gasteiger partial charge in [-0.1, -0.05) is 13.8 Å². The van der Waals surface area contributed by atoms with E-state index in [1.54, 1.807) is 13.0 Å². The van der Waals surface area contributed by atoms with Crippen molar-refractivity contribution >= 4 is 11.8 Å². The molecule has 1 rings (SSSR count). The van der Waals surface area contributed by atoms with Gasteiger partial charge in [0.25, 0.3) is 5.91 Å². The summed E-state index contributed by atoms with van der Waals surface area (Å²) in [6.45, 7) is 17.7. The van der Waals surface area contributed by atoms with Crippen molar-refractivity contribution in [2.24, 2.45) is 0 Å². The summed E-state index contributed by atoms with van der Waals surface area (Å²) in [6, 6.07) is 1.18. The van der Waals surface area contributed by atoms with Crippen LogP contribution in [0, 0.1) is 0 Å². The molecule has 1 heterocycles. The van der Waals surface area contributed by atoms with E-state index >= 15 is 0 Å². The summed E-state index contributed by atoms with van der Waals surface area (Å²) in [4.78, 5) is 24.6. The van der Waals surface area contributed by atoms with E-state index in [1.165, 1.54) is 0 Å². The Balaban J connectivity index is 2.95. The van der Waals surface area contributed by atoms with Gasteiger partial charge < -0.3 is 10.6 Å². The Hall–Kier alpha value is -1.85. The monoisotopic (exact) mass is 336 g/mol. The molecule has 136 valence electrons. The summed E-state index contributed by atoms with van der Waals surface area (Å²) >= 11 is 0. The van der Waals surface area contributed by atoms with Crippen molar-refractivity contribution in [3.63, 3.8) is 0 Å². The molecule has 6 heteroatoms. The largest absolute Gasteiger partial charge is 0.350 e. The minimum Gasteiger partial charge on any atom is -0.350 e. The molecular formula is C18H32N4O2. The van der Waals surface area contributed by atoms with Crippen LogP contribution < -0.4 is 10.6 Å². The van der Waals surface area contributed by atoms with Crippen molar-refractivity contribution in [1.29, 1.82) is 0 Å². The van der Waals surface area contributed by atoms with Crippen molar-refractivity contribution in [3.05, 3.63) is 17.5 Å². The second-order valence-corrected chi connectivity index (χ2v) is 8.63. The number of carbonyl (C=O) groups excluding carboxylic acids is 2. The summed E-state index contributed by atoms with van der Waals surface area (Å²) in [7, 11) is 0. The second-order valence-electron chi connectivity index (χ2n) is 8.63. The Kier molecular flexibility index (Phi) is 5.85. The molecule has 0 aromatic carbocycles. The average Bonchev–Trinajstić information content (AvgIpc) is 2.81. The summed E-state index contributed by atoms with van der Waals surface area (Å²) in [6.07, 6.45) is 0. The van der Waals surface area contributed by atoms with Crippen molar-refractivity contribution in [2.75, 3.05) is 0 Å². The normalized spacial score (nSPS) is 13.8. The van der Waals surface area contributed by atoms with Gasteiger partial charge in [-0.25, -0.2) is 0 Å². The number of nitrogens with one attached hydrogen (secondary N) is 2. The molecule has 0 bridgehead atoms. The zero-order chi connectivity index (χ0) is 18.9. The van der Waals surface area contributed by atoms with Crippen LogP contribution in [0.15, 0.2) is 6.07 Å². The van der Waals surface area contributed by atoms with E-state index in [2.05, 4.69) is 29.6 Å². The lowest BCUT2D eigenvalue weighted by molar-refractivity contribution is -0.124. The molecule has 0 unspecified atom stereocenters. The van der Waals surface area contributed by atoms with E-state index < -0.39 is 6.04 Å². The van der Waals surface area contributed by atoms with Crippen LogP contribution in [0.5, 0.6) is 0 Å². The number of amides is 2. The molecule has 1 atom stereocenters. The molecule has 2 N–H and O–H groups in total. The smallest absolute Gasteiger partial charge is 0.272 e. The fourth-order valence-electron chi connectivity index (χ4n) is 2.27. The highest BCUT2D eigenvalue weighted by molar-refractivity contribution is 5.96. The molecule has 0 aliphatic rings. The maximum Gasteiger partial charge on any atom is 0.272 e. The van der Waals surface area contributed by atoms with E-state index in [-0.39, 0.29) is 28.8 Å². The Morgan fingerprint density at radius 2 is 1.62 bits per heavy atom. The molecule has 24 heavy (non-hydrogen) atoms. The predicted octanol–water partition coefficient (Wildman–Crippen LogP) is 2.79. The van der Waals surface area contributed by atoms with Crippen molar-refractivity contribution < 1.29 is 9.59 Å². The van der Waals surface area contributed by atoms with Crippen LogP contribution in [0.25, 0.3) is 0 Å². The highest BCUT2D eigenvalue weighted by Gasteiger charge is 2.26. The summed E-state index contributed by atoms with van der Waals surface area (Å²) in [5.74, 6) is -0.300. The molecule has 0 radical (unpaired) electrons. The zero-order valence-corrected chi connectivity index (χ0v) is 16.4. The summed E-state index contributed by atoms with van der Waals surface area (Å²) < 4.78 is 1.88. The van der Waals surface area contributed by atoms with E-state index in [4.69, 9.17) is 0 Å². The van der Waals surface area contributed by atoms with Gasteiger partial charge in [-0.3, -0.25) is 14.3 Å². The number of hydrogen-bond donors (Lipinski definition) is 2. The molecule has 0 fully saturated rings. The van der Waals surface area contributed by atoms with Gasteiger partial charge in [-0.15, -0.1) is 0 Å². The third-order valence-corrected chi connectivity index (χ3v) is 3.44. The quantitative estimate of drug-likeness (QED) is 0.887. The fourth-order valence-corrected chi connectivity index (χ4v) is 2.27. The Morgan fingerprint density at radius 1 is 1.08 bits per heavy atom. The molecule has 6 nitrogen and oxygen atoms in total. The van der Waals surface area contributed by atoms with Crippen molar-refractivity contribution in [1.82, 2.24) is 20.4 Å². The van der Waals surface area contributed by atoms with Gasteiger partial charge in [0.05, 0.1) is 5.54 Å². The van der Waals surface area contributed by atoms with Gasteiger partial charge in [0.2, 0.25) is 5.91 Å². The minimum absolute atomic E-state index is 0.213. The number of aromatic nitrogens is 2. The van der Waals surface area contributed by atoms with E-state index in [9.17, 15) is 9.59 Å². The molecule has 0 saturated carbocycles. The Morgan fingerprint density at radius 3 is 2.00 bits per heavy atom. The lowest BCUT2D eigenvalue weighted by Gasteiger charge is -2.24. The highest BCUT2D eigenvalue weighted by atomic mass is 16.2. The van der Waals surface area contributed by atoms with Crippen LogP contribution in [-0.2, 0) is 10.3 Å². The first-order valence-corrected chi connectivity index (χ1v) is 8.45. The van der Waals surface area contributed by atoms with Crippen LogP contribution in [-0.4, -0.2) is 33.2 Å². The van der Waals surface area contributed by atoms with E-state index in [0.717, 1.165) is 5.69 Å². The molecular weight excluding hydrogens is 304 g/mol. The SMILES string of the molecule is CC(C)c1cc(C(=O)N[C@H](C)C(=O)NC(C)(C)C)nn1C(C)(C)C. The molecule has 0 spiro atoms. The molecule has 0 saturated heterocycles. The third-order valence-electron chi connectivity index (χ3n) is 3.44. The van der Waals surface area contributed by atoms with Crippen molar-refractivity contribution in [2.45, 2.75) is 85.4 Å². The highest BCUT2D eigenvalue weighted by Crippen LogP contribution is 2.23. The van der Waals surface area contributed by atoms with Crippen LogP contribution in [0.4, 0.5) is 0 Å². The minimum atomic E-state index is -0.626. The van der Waals surface area contributed by atoms with E-state index in [0.29, 0.717) is 5.69 Å². The summed E-state index contributed by atoms with van der Waals surface area (Å²) in [5, 5.41) is 10.0. The van der Waals surface area contributed by atoms with Gasteiger partial charge >= 0.3 is 0 Å². The lowest BCUT2D eigenvalue weighted by Crippen LogP contribution is -2.50. The maximum atomic E-state index is 12.5. The second kappa shape index (κ2) is 6.95. The molecule has 0 aliphatic carbocycles. The molecule has 2 amide bonds. The standard InChI is InChI=1S/C18H32N4O2/c1-11(2)14-10-13(21-22(14)18(7,8)9)16(24)19-12(3)15(23)20-17(4,5)6/h10-12H,1-9H3,(H,19,24)(H,20,23)/t12-/m1/s1. The average molecular weight is 336 g/mol. The van der Waals surface area contributed by atoms with Gasteiger partial charge in [0.15, 0.2) is 0 Å². The van der Waals surface area contributed by atoms with Gasteiger partial charge in [0, 0.05) is 11.2 Å². The van der Waals surface area contributed by atoms with Crippen LogP contribution in [0.3, 0.4) is 0 Å². The predicted molar refractivity (Wildman–Crippen MR) is 96.1 cm³/mol. The number of hydrogen-bond acceptors (Lipinski definition) is 3. The number of carbonyl (C=O) groups is 2. The first-order valence-electron chi connectivity index (χ1n) is 8.45. The van der Waals surface area contributed by atoms with E-state index in [1.807, 2.05) is 46.2 Å². The maximum absolute atomic E-state index is 12.5. The van der Waals surface area contributed by atoms with Crippen LogP contribution in [0.1, 0.15) is 84.4 Å². The van der Waals surface area contributed by atoms with Crippen LogP contribution in [0.2, 0.25) is 0 Å². The summed E-state index contributed by atoms with van der Waals surface area (Å²) in [5.41, 5.74) is 0.783. The van der Waals surface area contributed by atoms with Gasteiger partial charge in [0.1, 0.15) is 11.7 Å². The third kappa shape index (κ3) is 5.35. The molecule has 1 aromatic rings. The first-order chi connectivity index (χ1) is 10.7. The molecule has 0 aliphatic heterocycles.